The van der Waals surface area contributed by atoms with Crippen molar-refractivity contribution in [1.82, 2.24) is 19.8 Å². The van der Waals surface area contributed by atoms with E-state index >= 15 is 0 Å². The number of halogens is 1. The molecule has 4 aromatic rings. The number of para-hydroxylation sites is 1. The lowest BCUT2D eigenvalue weighted by atomic mass is 10.2. The number of carbonyl (C=O) groups excluding carboxylic acids is 1. The van der Waals surface area contributed by atoms with E-state index in [1.807, 2.05) is 61.8 Å². The number of hydrazone groups is 1. The fourth-order valence-electron chi connectivity index (χ4n) is 3.54. The van der Waals surface area contributed by atoms with Gasteiger partial charge in [0, 0.05) is 26.1 Å². The molecule has 0 aliphatic carbocycles. The van der Waals surface area contributed by atoms with E-state index < -0.39 is 0 Å². The highest BCUT2D eigenvalue weighted by molar-refractivity contribution is 14.1. The first-order chi connectivity index (χ1) is 14.9. The molecule has 8 heteroatoms. The van der Waals surface area contributed by atoms with Crippen molar-refractivity contribution in [3.63, 3.8) is 0 Å². The molecule has 0 saturated heterocycles. The van der Waals surface area contributed by atoms with Crippen LogP contribution < -0.4 is 11.0 Å². The number of rotatable bonds is 4. The van der Waals surface area contributed by atoms with Crippen molar-refractivity contribution in [2.75, 3.05) is 0 Å². The molecule has 0 bridgehead atoms. The molecule has 0 atom stereocenters. The van der Waals surface area contributed by atoms with Crippen LogP contribution in [0.15, 0.2) is 64.5 Å². The molecule has 1 N–H and O–H groups in total. The Morgan fingerprint density at radius 3 is 2.61 bits per heavy atom. The standard InChI is InChI=1S/C23H20IN5O2/c1-14-11-18(13-25-27-22(30)17-7-6-8-19(24)12-17)15(2)28(14)29-16(3)26-21-10-5-4-9-20(21)23(29)31/h4-13H,1-3H3,(H,27,30). The van der Waals surface area contributed by atoms with Gasteiger partial charge in [0.15, 0.2) is 0 Å². The molecule has 0 spiro atoms. The number of nitrogens with zero attached hydrogens (tertiary/aromatic N) is 4. The summed E-state index contributed by atoms with van der Waals surface area (Å²) in [5.74, 6) is 0.301. The largest absolute Gasteiger partial charge is 0.280 e. The van der Waals surface area contributed by atoms with Crippen molar-refractivity contribution < 1.29 is 4.79 Å². The molecule has 7 nitrogen and oxygen atoms in total. The molecule has 0 fully saturated rings. The van der Waals surface area contributed by atoms with Crippen LogP contribution in [0.5, 0.6) is 0 Å². The molecule has 2 heterocycles. The Hall–Kier alpha value is -3.27. The molecule has 2 aromatic heterocycles. The van der Waals surface area contributed by atoms with Crippen molar-refractivity contribution in [1.29, 1.82) is 0 Å². The molecule has 0 aliphatic rings. The summed E-state index contributed by atoms with van der Waals surface area (Å²) in [5.41, 5.74) is 6.08. The summed E-state index contributed by atoms with van der Waals surface area (Å²) in [7, 11) is 0. The maximum Gasteiger partial charge on any atom is 0.280 e. The Bertz CT molecular complexity index is 1400. The van der Waals surface area contributed by atoms with Gasteiger partial charge in [0.1, 0.15) is 5.82 Å². The van der Waals surface area contributed by atoms with E-state index in [0.29, 0.717) is 22.3 Å². The van der Waals surface area contributed by atoms with Crippen LogP contribution in [0.4, 0.5) is 0 Å². The third kappa shape index (κ3) is 4.02. The van der Waals surface area contributed by atoms with Crippen LogP contribution >= 0.6 is 22.6 Å². The average Bonchev–Trinajstić information content (AvgIpc) is 3.01. The van der Waals surface area contributed by atoms with E-state index in [4.69, 9.17) is 0 Å². The van der Waals surface area contributed by atoms with Crippen molar-refractivity contribution >= 4 is 45.6 Å². The van der Waals surface area contributed by atoms with Gasteiger partial charge in [0.25, 0.3) is 11.5 Å². The molecule has 0 radical (unpaired) electrons. The fraction of sp³-hybridized carbons (Fsp3) is 0.130. The van der Waals surface area contributed by atoms with Gasteiger partial charge in [-0.2, -0.15) is 9.78 Å². The Morgan fingerprint density at radius 2 is 1.84 bits per heavy atom. The van der Waals surface area contributed by atoms with Crippen molar-refractivity contribution in [3.8, 4) is 0 Å². The smallest absolute Gasteiger partial charge is 0.267 e. The highest BCUT2D eigenvalue weighted by Crippen LogP contribution is 2.15. The van der Waals surface area contributed by atoms with Gasteiger partial charge in [-0.3, -0.25) is 14.3 Å². The van der Waals surface area contributed by atoms with Gasteiger partial charge in [-0.15, -0.1) is 0 Å². The minimum atomic E-state index is -0.283. The summed E-state index contributed by atoms with van der Waals surface area (Å²) in [6.45, 7) is 5.62. The Balaban J connectivity index is 1.67. The molecule has 2 aromatic carbocycles. The lowest BCUT2D eigenvalue weighted by Crippen LogP contribution is -2.30. The predicted molar refractivity (Wildman–Crippen MR) is 130 cm³/mol. The number of fused-ring (bicyclic) bond motifs is 1. The van der Waals surface area contributed by atoms with E-state index in [0.717, 1.165) is 20.5 Å². The van der Waals surface area contributed by atoms with Gasteiger partial charge in [-0.25, -0.2) is 10.4 Å². The van der Waals surface area contributed by atoms with Gasteiger partial charge < -0.3 is 0 Å². The van der Waals surface area contributed by atoms with E-state index in [9.17, 15) is 9.59 Å². The van der Waals surface area contributed by atoms with Gasteiger partial charge in [-0.05, 0) is 79.8 Å². The van der Waals surface area contributed by atoms with E-state index in [1.165, 1.54) is 0 Å². The minimum absolute atomic E-state index is 0.139. The second-order valence-corrected chi connectivity index (χ2v) is 8.39. The number of benzene rings is 2. The Morgan fingerprint density at radius 1 is 1.06 bits per heavy atom. The SMILES string of the molecule is Cc1cc(C=NNC(=O)c2cccc(I)c2)c(C)n1-n1c(C)nc2ccccc2c1=O. The zero-order valence-electron chi connectivity index (χ0n) is 17.3. The first-order valence-electron chi connectivity index (χ1n) is 9.64. The van der Waals surface area contributed by atoms with Crippen LogP contribution in [0.2, 0.25) is 0 Å². The van der Waals surface area contributed by atoms with Crippen LogP contribution in [0.25, 0.3) is 10.9 Å². The van der Waals surface area contributed by atoms with Crippen LogP contribution in [0.1, 0.15) is 33.1 Å². The molecule has 1 amide bonds. The van der Waals surface area contributed by atoms with Gasteiger partial charge >= 0.3 is 0 Å². The molecule has 0 aliphatic heterocycles. The lowest BCUT2D eigenvalue weighted by Gasteiger charge is -2.16. The Kier molecular flexibility index (Phi) is 5.73. The molecular formula is C23H20IN5O2. The van der Waals surface area contributed by atoms with Crippen LogP contribution in [0.3, 0.4) is 0 Å². The van der Waals surface area contributed by atoms with Gasteiger partial charge in [-0.1, -0.05) is 18.2 Å². The quantitative estimate of drug-likeness (QED) is 0.250. The Labute approximate surface area is 192 Å². The second kappa shape index (κ2) is 8.46. The molecule has 4 rings (SSSR count). The third-order valence-electron chi connectivity index (χ3n) is 5.01. The fourth-order valence-corrected chi connectivity index (χ4v) is 4.08. The normalized spacial score (nSPS) is 11.4. The average molecular weight is 525 g/mol. The van der Waals surface area contributed by atoms with Crippen LogP contribution in [-0.4, -0.2) is 26.5 Å². The monoisotopic (exact) mass is 525 g/mol. The first kappa shape index (κ1) is 21.0. The zero-order chi connectivity index (χ0) is 22.1. The summed E-state index contributed by atoms with van der Waals surface area (Å²) in [5, 5.41) is 4.66. The minimum Gasteiger partial charge on any atom is -0.267 e. The first-order valence-corrected chi connectivity index (χ1v) is 10.7. The molecular weight excluding hydrogens is 505 g/mol. The van der Waals surface area contributed by atoms with E-state index in [2.05, 4.69) is 38.1 Å². The van der Waals surface area contributed by atoms with Gasteiger partial charge in [0.05, 0.1) is 17.1 Å². The van der Waals surface area contributed by atoms with Crippen molar-refractivity contribution in [2.24, 2.45) is 5.10 Å². The number of nitrogens with one attached hydrogen (secondary N) is 1. The zero-order valence-corrected chi connectivity index (χ0v) is 19.4. The van der Waals surface area contributed by atoms with Crippen molar-refractivity contribution in [2.45, 2.75) is 20.8 Å². The highest BCUT2D eigenvalue weighted by Gasteiger charge is 2.15. The summed E-state index contributed by atoms with van der Waals surface area (Å²) < 4.78 is 4.36. The molecule has 31 heavy (non-hydrogen) atoms. The summed E-state index contributed by atoms with van der Waals surface area (Å²) in [4.78, 5) is 30.0. The number of aryl methyl sites for hydroxylation is 2. The number of hydrogen-bond donors (Lipinski definition) is 1. The van der Waals surface area contributed by atoms with E-state index in [1.54, 1.807) is 29.1 Å². The molecule has 156 valence electrons. The van der Waals surface area contributed by atoms with Crippen LogP contribution in [0, 0.1) is 24.3 Å². The topological polar surface area (TPSA) is 81.3 Å². The number of aromatic nitrogens is 3. The number of carbonyl (C=O) groups is 1. The third-order valence-corrected chi connectivity index (χ3v) is 5.68. The lowest BCUT2D eigenvalue weighted by molar-refractivity contribution is 0.0955. The maximum absolute atomic E-state index is 13.2. The van der Waals surface area contributed by atoms with Crippen LogP contribution in [-0.2, 0) is 0 Å². The summed E-state index contributed by atoms with van der Waals surface area (Å²) in [6, 6.07) is 16.5. The van der Waals surface area contributed by atoms with E-state index in [-0.39, 0.29) is 11.5 Å². The summed E-state index contributed by atoms with van der Waals surface area (Å²) in [6.07, 6.45) is 1.58. The number of amides is 1. The molecule has 0 unspecified atom stereocenters. The number of hydrogen-bond acceptors (Lipinski definition) is 4. The highest BCUT2D eigenvalue weighted by atomic mass is 127. The summed E-state index contributed by atoms with van der Waals surface area (Å²) >= 11 is 2.16. The molecule has 0 saturated carbocycles. The van der Waals surface area contributed by atoms with Gasteiger partial charge in [0.2, 0.25) is 0 Å². The maximum atomic E-state index is 13.2. The second-order valence-electron chi connectivity index (χ2n) is 7.14. The predicted octanol–water partition coefficient (Wildman–Crippen LogP) is 3.80. The van der Waals surface area contributed by atoms with Crippen molar-refractivity contribution in [3.05, 3.63) is 96.9 Å².